The maximum atomic E-state index is 11.7. The van der Waals surface area contributed by atoms with E-state index in [1.54, 1.807) is 0 Å². The van der Waals surface area contributed by atoms with Gasteiger partial charge < -0.3 is 10.1 Å². The number of nitrogens with one attached hydrogen (secondary N) is 1. The van der Waals surface area contributed by atoms with Gasteiger partial charge in [0.25, 0.3) is 0 Å². The van der Waals surface area contributed by atoms with Gasteiger partial charge in [-0.05, 0) is 24.9 Å². The lowest BCUT2D eigenvalue weighted by Gasteiger charge is -2.25. The fraction of sp³-hybridized carbons (Fsp3) is 0.889. The molecular weight excluding hydrogens is 260 g/mol. The molecule has 0 saturated carbocycles. The molecule has 1 N–H and O–H groups in total. The van der Waals surface area contributed by atoms with Crippen LogP contribution in [0, 0.1) is 0 Å². The highest BCUT2D eigenvalue weighted by Crippen LogP contribution is 2.24. The third-order valence-corrected chi connectivity index (χ3v) is 4.60. The van der Waals surface area contributed by atoms with Crippen LogP contribution < -0.4 is 5.32 Å². The summed E-state index contributed by atoms with van der Waals surface area (Å²) in [5.41, 5.74) is 6.96. The quantitative estimate of drug-likeness (QED) is 0.241. The Morgan fingerprint density at radius 1 is 1.61 bits per heavy atom. The minimum absolute atomic E-state index is 0.0224. The highest BCUT2D eigenvalue weighted by molar-refractivity contribution is 7.91. The number of sulfone groups is 1. The van der Waals surface area contributed by atoms with E-state index in [1.807, 2.05) is 0 Å². The molecule has 1 rings (SSSR count). The molecule has 0 bridgehead atoms. The first kappa shape index (κ1) is 14.7. The van der Waals surface area contributed by atoms with Gasteiger partial charge in [-0.25, -0.2) is 8.42 Å². The van der Waals surface area contributed by atoms with Crippen LogP contribution in [0.2, 0.25) is 0 Å². The summed E-state index contributed by atoms with van der Waals surface area (Å²) in [4.78, 5) is 14.3. The number of azide groups is 1. The fourth-order valence-corrected chi connectivity index (χ4v) is 3.86. The minimum Gasteiger partial charge on any atom is -0.468 e. The van der Waals surface area contributed by atoms with E-state index in [2.05, 4.69) is 20.1 Å². The number of hydrogen-bond acceptors (Lipinski definition) is 6. The Morgan fingerprint density at radius 3 is 2.83 bits per heavy atom. The van der Waals surface area contributed by atoms with E-state index in [-0.39, 0.29) is 17.9 Å². The summed E-state index contributed by atoms with van der Waals surface area (Å²) in [5, 5.41) is 6.28. The molecule has 0 aliphatic carbocycles. The first-order valence-corrected chi connectivity index (χ1v) is 7.33. The number of hydrogen-bond donors (Lipinski definition) is 1. The van der Waals surface area contributed by atoms with Crippen LogP contribution in [0.4, 0.5) is 0 Å². The first-order valence-electron chi connectivity index (χ1n) is 5.50. The molecule has 1 heterocycles. The second-order valence-electron chi connectivity index (χ2n) is 4.15. The molecular formula is C9H16N4O4S. The molecule has 8 nitrogen and oxygen atoms in total. The molecule has 1 saturated heterocycles. The normalized spacial score (nSPS) is 25.4. The van der Waals surface area contributed by atoms with Gasteiger partial charge in [0.2, 0.25) is 0 Å². The van der Waals surface area contributed by atoms with E-state index in [1.165, 1.54) is 7.11 Å². The average molecular weight is 276 g/mol. The lowest BCUT2D eigenvalue weighted by atomic mass is 9.99. The molecule has 9 heteroatoms. The summed E-state index contributed by atoms with van der Waals surface area (Å²) in [5.74, 6) is -0.827. The monoisotopic (exact) mass is 276 g/mol. The van der Waals surface area contributed by atoms with Crippen molar-refractivity contribution >= 4 is 15.8 Å². The summed E-state index contributed by atoms with van der Waals surface area (Å²) in [6.07, 6.45) is 0.742. The van der Waals surface area contributed by atoms with E-state index in [0.29, 0.717) is 19.5 Å². The summed E-state index contributed by atoms with van der Waals surface area (Å²) in [7, 11) is -1.97. The zero-order chi connectivity index (χ0) is 13.6. The van der Waals surface area contributed by atoms with Crippen molar-refractivity contribution in [1.29, 1.82) is 0 Å². The van der Waals surface area contributed by atoms with Crippen LogP contribution in [0.15, 0.2) is 5.11 Å². The van der Waals surface area contributed by atoms with Crippen molar-refractivity contribution in [2.24, 2.45) is 5.11 Å². The van der Waals surface area contributed by atoms with E-state index in [4.69, 9.17) is 5.53 Å². The number of ether oxygens (including phenoxy) is 1. The van der Waals surface area contributed by atoms with E-state index >= 15 is 0 Å². The van der Waals surface area contributed by atoms with Crippen molar-refractivity contribution in [2.75, 3.05) is 31.7 Å². The second kappa shape index (κ2) is 6.03. The Balaban J connectivity index is 2.63. The molecule has 18 heavy (non-hydrogen) atoms. The third-order valence-electron chi connectivity index (χ3n) is 2.84. The third kappa shape index (κ3) is 3.59. The molecule has 0 spiro atoms. The molecule has 1 aliphatic rings. The Hall–Kier alpha value is -1.31. The summed E-state index contributed by atoms with van der Waals surface area (Å²) >= 11 is 0. The molecule has 1 atom stereocenters. The van der Waals surface area contributed by atoms with Gasteiger partial charge in [0.1, 0.15) is 5.54 Å². The van der Waals surface area contributed by atoms with Gasteiger partial charge in [-0.3, -0.25) is 4.79 Å². The topological polar surface area (TPSA) is 121 Å². The number of nitrogens with zero attached hydrogens (tertiary/aromatic N) is 3. The molecule has 0 aromatic heterocycles. The Bertz CT molecular complexity index is 457. The molecule has 1 aliphatic heterocycles. The lowest BCUT2D eigenvalue weighted by Crippen LogP contribution is -2.54. The molecule has 0 amide bonds. The largest absolute Gasteiger partial charge is 0.468 e. The standard InChI is InChI=1S/C9H16N4O4S/c1-17-8(14)9(3-6-18(15,16)7-9)11-4-2-5-12-13-10/h11H,2-7H2,1H3. The molecule has 0 aromatic rings. The van der Waals surface area contributed by atoms with Crippen LogP contribution in [-0.4, -0.2) is 51.6 Å². The van der Waals surface area contributed by atoms with Crippen molar-refractivity contribution in [1.82, 2.24) is 5.32 Å². The molecule has 1 fully saturated rings. The second-order valence-corrected chi connectivity index (χ2v) is 6.33. The van der Waals surface area contributed by atoms with Gasteiger partial charge in [0.05, 0.1) is 18.6 Å². The van der Waals surface area contributed by atoms with Crippen LogP contribution in [0.1, 0.15) is 12.8 Å². The number of carbonyl (C=O) groups excluding carboxylic acids is 1. The Labute approximate surface area is 105 Å². The number of esters is 1. The highest BCUT2D eigenvalue weighted by Gasteiger charge is 2.48. The van der Waals surface area contributed by atoms with E-state index in [0.717, 1.165) is 0 Å². The predicted molar refractivity (Wildman–Crippen MR) is 64.7 cm³/mol. The Morgan fingerprint density at radius 2 is 2.33 bits per heavy atom. The van der Waals surface area contributed by atoms with Crippen LogP contribution in [0.3, 0.4) is 0 Å². The minimum atomic E-state index is -3.20. The number of rotatable bonds is 6. The van der Waals surface area contributed by atoms with Crippen molar-refractivity contribution in [3.63, 3.8) is 0 Å². The summed E-state index contributed by atoms with van der Waals surface area (Å²) in [6, 6.07) is 0. The van der Waals surface area contributed by atoms with Crippen LogP contribution in [0.25, 0.3) is 10.4 Å². The van der Waals surface area contributed by atoms with Crippen molar-refractivity contribution in [3.05, 3.63) is 10.4 Å². The first-order chi connectivity index (χ1) is 8.46. The average Bonchev–Trinajstić information content (AvgIpc) is 2.65. The van der Waals surface area contributed by atoms with Crippen LogP contribution in [0.5, 0.6) is 0 Å². The van der Waals surface area contributed by atoms with E-state index in [9.17, 15) is 13.2 Å². The number of methoxy groups -OCH3 is 1. The van der Waals surface area contributed by atoms with Gasteiger partial charge in [-0.15, -0.1) is 0 Å². The van der Waals surface area contributed by atoms with Crippen LogP contribution >= 0.6 is 0 Å². The summed E-state index contributed by atoms with van der Waals surface area (Å²) in [6.45, 7) is 0.692. The molecule has 102 valence electrons. The Kier molecular flexibility index (Phi) is 4.94. The molecule has 0 radical (unpaired) electrons. The maximum absolute atomic E-state index is 11.7. The fourth-order valence-electron chi connectivity index (χ4n) is 1.94. The molecule has 1 unspecified atom stereocenters. The SMILES string of the molecule is COC(=O)C1(NCCCN=[N+]=[N-])CCS(=O)(=O)C1. The zero-order valence-electron chi connectivity index (χ0n) is 10.1. The van der Waals surface area contributed by atoms with Gasteiger partial charge >= 0.3 is 5.97 Å². The summed E-state index contributed by atoms with van der Waals surface area (Å²) < 4.78 is 27.6. The van der Waals surface area contributed by atoms with Crippen molar-refractivity contribution < 1.29 is 17.9 Å². The van der Waals surface area contributed by atoms with Crippen molar-refractivity contribution in [3.8, 4) is 0 Å². The smallest absolute Gasteiger partial charge is 0.327 e. The maximum Gasteiger partial charge on any atom is 0.327 e. The van der Waals surface area contributed by atoms with Crippen molar-refractivity contribution in [2.45, 2.75) is 18.4 Å². The van der Waals surface area contributed by atoms with Gasteiger partial charge in [-0.1, -0.05) is 5.11 Å². The van der Waals surface area contributed by atoms with E-state index < -0.39 is 21.3 Å². The highest BCUT2D eigenvalue weighted by atomic mass is 32.2. The molecule has 0 aromatic carbocycles. The predicted octanol–water partition coefficient (Wildman–Crippen LogP) is 0.00670. The lowest BCUT2D eigenvalue weighted by molar-refractivity contribution is -0.147. The van der Waals surface area contributed by atoms with Crippen LogP contribution in [-0.2, 0) is 19.4 Å². The number of carbonyl (C=O) groups is 1. The van der Waals surface area contributed by atoms with Gasteiger partial charge in [0.15, 0.2) is 9.84 Å². The zero-order valence-corrected chi connectivity index (χ0v) is 10.9. The van der Waals surface area contributed by atoms with Gasteiger partial charge in [-0.2, -0.15) is 0 Å². The van der Waals surface area contributed by atoms with Gasteiger partial charge in [0, 0.05) is 11.5 Å².